The summed E-state index contributed by atoms with van der Waals surface area (Å²) >= 11 is 0. The van der Waals surface area contributed by atoms with Crippen LogP contribution in [0.4, 0.5) is 0 Å². The lowest BCUT2D eigenvalue weighted by Gasteiger charge is -2.27. The third-order valence-corrected chi connectivity index (χ3v) is 7.76. The molecule has 0 radical (unpaired) electrons. The first-order chi connectivity index (χ1) is 12.3. The average Bonchev–Trinajstić information content (AvgIpc) is 2.68. The topological polar surface area (TPSA) is 9.23 Å². The maximum Gasteiger partial charge on any atom is 0.337 e. The number of hydrogen-bond acceptors (Lipinski definition) is 1. The summed E-state index contributed by atoms with van der Waals surface area (Å²) in [7, 11) is -2.50. The molecule has 0 atom stereocenters. The first-order valence-electron chi connectivity index (χ1n) is 9.58. The standard InChI is InChI=1S/C23H30OSi/c1-3-5-6-7-8-15-21-25(24-20-4-2,22-16-11-9-12-17-22)23-18-13-10-14-19-23/h9-14,16-19H,3-8,20H2,1-2H3. The fraction of sp³-hybridized carbons (Fsp3) is 0.391. The summed E-state index contributed by atoms with van der Waals surface area (Å²) in [6.45, 7) is 5.15. The van der Waals surface area contributed by atoms with Crippen LogP contribution in [0.25, 0.3) is 0 Å². The lowest BCUT2D eigenvalue weighted by atomic mass is 10.2. The van der Waals surface area contributed by atoms with Gasteiger partial charge in [-0.1, -0.05) is 99.3 Å². The molecule has 1 nitrogen and oxygen atoms in total. The number of rotatable bonds is 9. The molecule has 2 rings (SSSR count). The Morgan fingerprint density at radius 2 is 1.36 bits per heavy atom. The van der Waals surface area contributed by atoms with E-state index in [4.69, 9.17) is 4.43 Å². The lowest BCUT2D eigenvalue weighted by Crippen LogP contribution is -2.60. The third-order valence-electron chi connectivity index (χ3n) is 4.30. The van der Waals surface area contributed by atoms with Gasteiger partial charge in [-0.05, 0) is 23.2 Å². The van der Waals surface area contributed by atoms with Gasteiger partial charge in [0.15, 0.2) is 0 Å². The van der Waals surface area contributed by atoms with Crippen molar-refractivity contribution in [1.82, 2.24) is 0 Å². The van der Waals surface area contributed by atoms with Crippen molar-refractivity contribution < 1.29 is 4.43 Å². The van der Waals surface area contributed by atoms with Gasteiger partial charge in [0.1, 0.15) is 0 Å². The fourth-order valence-corrected chi connectivity index (χ4v) is 6.18. The predicted molar refractivity (Wildman–Crippen MR) is 111 cm³/mol. The van der Waals surface area contributed by atoms with Gasteiger partial charge >= 0.3 is 8.32 Å². The number of hydrogen-bond donors (Lipinski definition) is 0. The minimum absolute atomic E-state index is 0.751. The van der Waals surface area contributed by atoms with E-state index in [1.165, 1.54) is 36.1 Å². The highest BCUT2D eigenvalue weighted by Gasteiger charge is 2.38. The third kappa shape index (κ3) is 5.59. The Labute approximate surface area is 154 Å². The quantitative estimate of drug-likeness (QED) is 0.362. The Balaban J connectivity index is 2.36. The maximum absolute atomic E-state index is 6.54. The lowest BCUT2D eigenvalue weighted by molar-refractivity contribution is 0.324. The van der Waals surface area contributed by atoms with Crippen LogP contribution in [-0.4, -0.2) is 14.9 Å². The van der Waals surface area contributed by atoms with Crippen LogP contribution in [0.3, 0.4) is 0 Å². The summed E-state index contributed by atoms with van der Waals surface area (Å²) in [5, 5.41) is 2.49. The van der Waals surface area contributed by atoms with E-state index in [0.29, 0.717) is 0 Å². The van der Waals surface area contributed by atoms with Gasteiger partial charge in [0, 0.05) is 13.0 Å². The minimum Gasteiger partial charge on any atom is -0.399 e. The molecule has 2 aromatic carbocycles. The fourth-order valence-electron chi connectivity index (χ4n) is 2.94. The van der Waals surface area contributed by atoms with Crippen LogP contribution in [0.15, 0.2) is 60.7 Å². The SMILES string of the molecule is CCCCCCC#C[Si](OCCC)(c1ccccc1)c1ccccc1. The van der Waals surface area contributed by atoms with Crippen LogP contribution in [-0.2, 0) is 4.43 Å². The Kier molecular flexibility index (Phi) is 8.52. The van der Waals surface area contributed by atoms with Crippen molar-refractivity contribution in [3.63, 3.8) is 0 Å². The monoisotopic (exact) mass is 350 g/mol. The summed E-state index contributed by atoms with van der Waals surface area (Å²) < 4.78 is 6.54. The van der Waals surface area contributed by atoms with E-state index >= 15 is 0 Å². The van der Waals surface area contributed by atoms with Crippen molar-refractivity contribution in [3.05, 3.63) is 60.7 Å². The normalized spacial score (nSPS) is 11.0. The second kappa shape index (κ2) is 10.9. The van der Waals surface area contributed by atoms with Crippen molar-refractivity contribution in [3.8, 4) is 11.5 Å². The smallest absolute Gasteiger partial charge is 0.337 e. The first kappa shape index (κ1) is 19.5. The molecule has 0 aliphatic rings. The van der Waals surface area contributed by atoms with Crippen molar-refractivity contribution in [2.24, 2.45) is 0 Å². The highest BCUT2D eigenvalue weighted by atomic mass is 28.4. The molecule has 0 heterocycles. The van der Waals surface area contributed by atoms with Gasteiger partial charge in [0.05, 0.1) is 0 Å². The summed E-state index contributed by atoms with van der Waals surface area (Å²) in [5.41, 5.74) is 3.64. The molecular formula is C23H30OSi. The van der Waals surface area contributed by atoms with E-state index in [2.05, 4.69) is 86.0 Å². The Bertz CT molecular complexity index is 615. The van der Waals surface area contributed by atoms with Gasteiger partial charge in [-0.3, -0.25) is 0 Å². The molecule has 0 aromatic heterocycles. The predicted octanol–water partition coefficient (Wildman–Crippen LogP) is 4.69. The van der Waals surface area contributed by atoms with Gasteiger partial charge in [-0.2, -0.15) is 0 Å². The zero-order valence-electron chi connectivity index (χ0n) is 15.6. The van der Waals surface area contributed by atoms with Crippen LogP contribution in [0.1, 0.15) is 52.4 Å². The Morgan fingerprint density at radius 3 is 1.88 bits per heavy atom. The molecule has 2 aromatic rings. The molecule has 132 valence electrons. The van der Waals surface area contributed by atoms with Gasteiger partial charge in [-0.15, -0.1) is 5.92 Å². The highest BCUT2D eigenvalue weighted by molar-refractivity contribution is 7.03. The second-order valence-corrected chi connectivity index (χ2v) is 9.43. The molecule has 0 amide bonds. The molecule has 0 saturated carbocycles. The van der Waals surface area contributed by atoms with E-state index in [1.807, 2.05) is 0 Å². The van der Waals surface area contributed by atoms with Crippen molar-refractivity contribution in [2.75, 3.05) is 6.61 Å². The van der Waals surface area contributed by atoms with Crippen LogP contribution in [0.2, 0.25) is 0 Å². The van der Waals surface area contributed by atoms with Crippen LogP contribution >= 0.6 is 0 Å². The molecule has 0 bridgehead atoms. The minimum atomic E-state index is -2.50. The molecule has 0 aliphatic heterocycles. The molecule has 2 heteroatoms. The summed E-state index contributed by atoms with van der Waals surface area (Å²) in [5.74, 6) is 3.48. The molecule has 0 aliphatic carbocycles. The van der Waals surface area contributed by atoms with Crippen molar-refractivity contribution in [2.45, 2.75) is 52.4 Å². The van der Waals surface area contributed by atoms with Gasteiger partial charge < -0.3 is 4.43 Å². The van der Waals surface area contributed by atoms with Crippen molar-refractivity contribution >= 4 is 18.7 Å². The van der Waals surface area contributed by atoms with Gasteiger partial charge in [0.25, 0.3) is 0 Å². The number of benzene rings is 2. The molecule has 0 unspecified atom stereocenters. The van der Waals surface area contributed by atoms with E-state index in [1.54, 1.807) is 0 Å². The number of unbranched alkanes of at least 4 members (excludes halogenated alkanes) is 4. The second-order valence-electron chi connectivity index (χ2n) is 6.37. The molecular weight excluding hydrogens is 320 g/mol. The van der Waals surface area contributed by atoms with E-state index < -0.39 is 8.32 Å². The molecule has 0 fully saturated rings. The average molecular weight is 351 g/mol. The van der Waals surface area contributed by atoms with Gasteiger partial charge in [-0.25, -0.2) is 0 Å². The van der Waals surface area contributed by atoms with Crippen LogP contribution < -0.4 is 10.4 Å². The summed E-state index contributed by atoms with van der Waals surface area (Å²) in [4.78, 5) is 0. The van der Waals surface area contributed by atoms with E-state index in [9.17, 15) is 0 Å². The molecule has 0 saturated heterocycles. The van der Waals surface area contributed by atoms with E-state index in [0.717, 1.165) is 19.4 Å². The summed E-state index contributed by atoms with van der Waals surface area (Å²) in [6.07, 6.45) is 6.99. The molecule has 0 spiro atoms. The zero-order chi connectivity index (χ0) is 17.8. The highest BCUT2D eigenvalue weighted by Crippen LogP contribution is 2.09. The Morgan fingerprint density at radius 1 is 0.760 bits per heavy atom. The van der Waals surface area contributed by atoms with E-state index in [-0.39, 0.29) is 0 Å². The van der Waals surface area contributed by atoms with Crippen LogP contribution in [0.5, 0.6) is 0 Å². The molecule has 25 heavy (non-hydrogen) atoms. The molecule has 0 N–H and O–H groups in total. The Hall–Kier alpha value is -1.82. The van der Waals surface area contributed by atoms with Crippen LogP contribution in [0, 0.1) is 11.5 Å². The first-order valence-corrected chi connectivity index (χ1v) is 11.5. The van der Waals surface area contributed by atoms with Crippen molar-refractivity contribution in [1.29, 1.82) is 0 Å². The summed E-state index contributed by atoms with van der Waals surface area (Å²) in [6, 6.07) is 21.2. The zero-order valence-corrected chi connectivity index (χ0v) is 16.6. The van der Waals surface area contributed by atoms with Gasteiger partial charge in [0.2, 0.25) is 0 Å². The largest absolute Gasteiger partial charge is 0.399 e. The maximum atomic E-state index is 6.54.